The van der Waals surface area contributed by atoms with Gasteiger partial charge in [0, 0.05) is 34.7 Å². The number of nitro benzene ring substituents is 1. The number of pyridine rings is 1. The minimum atomic E-state index is -0.452. The first kappa shape index (κ1) is 17.0. The number of hydrogen-bond donors (Lipinski definition) is 0. The molecule has 5 aromatic rings. The van der Waals surface area contributed by atoms with Gasteiger partial charge in [0.25, 0.3) is 5.69 Å². The van der Waals surface area contributed by atoms with Gasteiger partial charge in [0.2, 0.25) is 0 Å². The predicted octanol–water partition coefficient (Wildman–Crippen LogP) is 5.29. The summed E-state index contributed by atoms with van der Waals surface area (Å²) in [6.45, 7) is 0. The smallest absolute Gasteiger partial charge is 0.258 e. The number of aromatic nitrogens is 3. The molecular weight excluding hydrogens is 371 g/mol. The van der Waals surface area contributed by atoms with Crippen LogP contribution in [0.25, 0.3) is 38.8 Å². The quantitative estimate of drug-likeness (QED) is 0.313. The summed E-state index contributed by atoms with van der Waals surface area (Å²) >= 11 is 0. The third-order valence-corrected chi connectivity index (χ3v) is 4.80. The molecule has 2 heterocycles. The van der Waals surface area contributed by atoms with Gasteiger partial charge in [0.05, 0.1) is 21.6 Å². The number of non-ortho nitro benzene ring substituents is 1. The third-order valence-electron chi connectivity index (χ3n) is 4.80. The van der Waals surface area contributed by atoms with Crippen LogP contribution >= 0.6 is 0 Å². The summed E-state index contributed by atoms with van der Waals surface area (Å²) in [5, 5.41) is 17.3. The Morgan fingerprint density at radius 3 is 2.55 bits per heavy atom. The van der Waals surface area contributed by atoms with Crippen molar-refractivity contribution in [3.8, 4) is 16.9 Å². The molecule has 0 atom stereocenters. The SMILES string of the molecule is O=[N+]([O-])c1cccc(-n2nc(-c3ccccc3)c3cnc4ccc(F)cc4c32)c1. The van der Waals surface area contributed by atoms with Gasteiger partial charge in [-0.25, -0.2) is 9.07 Å². The molecule has 0 aliphatic heterocycles. The molecule has 0 spiro atoms. The summed E-state index contributed by atoms with van der Waals surface area (Å²) in [6.07, 6.45) is 1.71. The Kier molecular flexibility index (Phi) is 3.80. The Morgan fingerprint density at radius 1 is 0.931 bits per heavy atom. The fourth-order valence-electron chi connectivity index (χ4n) is 3.49. The molecular formula is C22H13FN4O2. The van der Waals surface area contributed by atoms with Gasteiger partial charge in [0.1, 0.15) is 11.5 Å². The van der Waals surface area contributed by atoms with E-state index in [1.807, 2.05) is 30.3 Å². The lowest BCUT2D eigenvalue weighted by atomic mass is 10.1. The van der Waals surface area contributed by atoms with Crippen LogP contribution in [-0.4, -0.2) is 19.7 Å². The largest absolute Gasteiger partial charge is 0.271 e. The molecule has 2 aromatic heterocycles. The lowest BCUT2D eigenvalue weighted by Gasteiger charge is -2.06. The molecule has 5 rings (SSSR count). The van der Waals surface area contributed by atoms with E-state index in [1.54, 1.807) is 29.1 Å². The van der Waals surface area contributed by atoms with Gasteiger partial charge < -0.3 is 0 Å². The number of benzene rings is 3. The summed E-state index contributed by atoms with van der Waals surface area (Å²) in [4.78, 5) is 15.3. The molecule has 0 radical (unpaired) electrons. The van der Waals surface area contributed by atoms with Crippen molar-refractivity contribution in [1.29, 1.82) is 0 Å². The summed E-state index contributed by atoms with van der Waals surface area (Å²) in [5.74, 6) is -0.389. The fraction of sp³-hybridized carbons (Fsp3) is 0. The molecule has 7 heteroatoms. The van der Waals surface area contributed by atoms with E-state index in [-0.39, 0.29) is 11.5 Å². The van der Waals surface area contributed by atoms with Crippen LogP contribution in [0, 0.1) is 15.9 Å². The Morgan fingerprint density at radius 2 is 1.76 bits per heavy atom. The Labute approximate surface area is 164 Å². The molecule has 0 saturated heterocycles. The predicted molar refractivity (Wildman–Crippen MR) is 108 cm³/mol. The van der Waals surface area contributed by atoms with Gasteiger partial charge in [-0.2, -0.15) is 5.10 Å². The molecule has 0 saturated carbocycles. The molecule has 0 bridgehead atoms. The Hall–Kier alpha value is -4.13. The zero-order valence-electron chi connectivity index (χ0n) is 15.0. The van der Waals surface area contributed by atoms with Crippen LogP contribution in [0.5, 0.6) is 0 Å². The zero-order valence-corrected chi connectivity index (χ0v) is 15.0. The van der Waals surface area contributed by atoms with E-state index in [9.17, 15) is 14.5 Å². The molecule has 140 valence electrons. The van der Waals surface area contributed by atoms with E-state index in [4.69, 9.17) is 5.10 Å². The molecule has 0 amide bonds. The molecule has 0 fully saturated rings. The highest BCUT2D eigenvalue weighted by molar-refractivity contribution is 6.08. The minimum Gasteiger partial charge on any atom is -0.258 e. The number of rotatable bonds is 3. The van der Waals surface area contributed by atoms with Crippen LogP contribution < -0.4 is 0 Å². The van der Waals surface area contributed by atoms with Crippen molar-refractivity contribution in [2.24, 2.45) is 0 Å². The maximum Gasteiger partial charge on any atom is 0.271 e. The first-order chi connectivity index (χ1) is 14.1. The molecule has 0 aliphatic rings. The molecule has 29 heavy (non-hydrogen) atoms. The summed E-state index contributed by atoms with van der Waals surface area (Å²) in [7, 11) is 0. The van der Waals surface area contributed by atoms with Gasteiger partial charge in [0.15, 0.2) is 0 Å². The van der Waals surface area contributed by atoms with Crippen molar-refractivity contribution >= 4 is 27.5 Å². The maximum atomic E-state index is 14.1. The normalized spacial score (nSPS) is 11.2. The van der Waals surface area contributed by atoms with E-state index in [0.29, 0.717) is 27.8 Å². The van der Waals surface area contributed by atoms with Crippen LogP contribution in [0.15, 0.2) is 79.0 Å². The topological polar surface area (TPSA) is 73.8 Å². The van der Waals surface area contributed by atoms with E-state index in [1.165, 1.54) is 24.3 Å². The summed E-state index contributed by atoms with van der Waals surface area (Å²) < 4.78 is 15.7. The highest BCUT2D eigenvalue weighted by atomic mass is 19.1. The van der Waals surface area contributed by atoms with Gasteiger partial charge in [-0.15, -0.1) is 0 Å². The lowest BCUT2D eigenvalue weighted by Crippen LogP contribution is -1.99. The molecule has 0 unspecified atom stereocenters. The fourth-order valence-corrected chi connectivity index (χ4v) is 3.49. The number of nitro groups is 1. The Bertz CT molecular complexity index is 1400. The molecule has 6 nitrogen and oxygen atoms in total. The van der Waals surface area contributed by atoms with Crippen molar-refractivity contribution in [2.45, 2.75) is 0 Å². The number of fused-ring (bicyclic) bond motifs is 3. The van der Waals surface area contributed by atoms with E-state index in [0.717, 1.165) is 10.9 Å². The molecule has 0 N–H and O–H groups in total. The van der Waals surface area contributed by atoms with Gasteiger partial charge in [-0.1, -0.05) is 36.4 Å². The second-order valence-corrected chi connectivity index (χ2v) is 6.59. The first-order valence-corrected chi connectivity index (χ1v) is 8.89. The van der Waals surface area contributed by atoms with Crippen LogP contribution in [0.2, 0.25) is 0 Å². The Balaban J connectivity index is 1.91. The highest BCUT2D eigenvalue weighted by Crippen LogP contribution is 2.34. The van der Waals surface area contributed by atoms with Crippen LogP contribution in [0.4, 0.5) is 10.1 Å². The van der Waals surface area contributed by atoms with Crippen LogP contribution in [-0.2, 0) is 0 Å². The molecule has 0 aliphatic carbocycles. The number of nitrogens with zero attached hydrogens (tertiary/aromatic N) is 4. The summed E-state index contributed by atoms with van der Waals surface area (Å²) in [6, 6.07) is 20.2. The average Bonchev–Trinajstić information content (AvgIpc) is 3.14. The van der Waals surface area contributed by atoms with E-state index in [2.05, 4.69) is 4.98 Å². The minimum absolute atomic E-state index is 0.0445. The van der Waals surface area contributed by atoms with Gasteiger partial charge in [-0.3, -0.25) is 15.1 Å². The summed E-state index contributed by atoms with van der Waals surface area (Å²) in [5.41, 5.74) is 3.28. The third kappa shape index (κ3) is 2.80. The standard InChI is InChI=1S/C22H13FN4O2/c23-15-9-10-20-18(11-15)22-19(13-24-20)21(14-5-2-1-3-6-14)25-26(22)16-7-4-8-17(12-16)27(28)29/h1-13H. The van der Waals surface area contributed by atoms with Crippen molar-refractivity contribution in [1.82, 2.24) is 14.8 Å². The highest BCUT2D eigenvalue weighted by Gasteiger charge is 2.18. The second kappa shape index (κ2) is 6.49. The van der Waals surface area contributed by atoms with Crippen molar-refractivity contribution in [3.05, 3.63) is 94.9 Å². The van der Waals surface area contributed by atoms with Crippen molar-refractivity contribution in [3.63, 3.8) is 0 Å². The number of hydrogen-bond acceptors (Lipinski definition) is 4. The number of halogens is 1. The second-order valence-electron chi connectivity index (χ2n) is 6.59. The maximum absolute atomic E-state index is 14.1. The first-order valence-electron chi connectivity index (χ1n) is 8.89. The zero-order chi connectivity index (χ0) is 20.0. The van der Waals surface area contributed by atoms with Crippen molar-refractivity contribution < 1.29 is 9.31 Å². The van der Waals surface area contributed by atoms with E-state index < -0.39 is 4.92 Å². The monoisotopic (exact) mass is 384 g/mol. The van der Waals surface area contributed by atoms with Crippen LogP contribution in [0.3, 0.4) is 0 Å². The van der Waals surface area contributed by atoms with Gasteiger partial charge >= 0.3 is 0 Å². The van der Waals surface area contributed by atoms with Crippen molar-refractivity contribution in [2.75, 3.05) is 0 Å². The molecule has 3 aromatic carbocycles. The van der Waals surface area contributed by atoms with E-state index >= 15 is 0 Å². The lowest BCUT2D eigenvalue weighted by molar-refractivity contribution is -0.384. The van der Waals surface area contributed by atoms with Crippen LogP contribution in [0.1, 0.15) is 0 Å². The van der Waals surface area contributed by atoms with Gasteiger partial charge in [-0.05, 0) is 24.3 Å². The average molecular weight is 384 g/mol.